The fraction of sp³-hybridized carbons (Fsp3) is 0.474. The smallest absolute Gasteiger partial charge is 0.230 e. The molecule has 1 aromatic heterocycles. The van der Waals surface area contributed by atoms with Crippen molar-refractivity contribution < 1.29 is 4.79 Å². The second-order valence-electron chi connectivity index (χ2n) is 6.72. The van der Waals surface area contributed by atoms with E-state index in [2.05, 4.69) is 44.4 Å². The van der Waals surface area contributed by atoms with Crippen LogP contribution in [0, 0.1) is 0 Å². The van der Waals surface area contributed by atoms with Crippen LogP contribution in [0.4, 0.5) is 0 Å². The molecule has 0 N–H and O–H groups in total. The highest BCUT2D eigenvalue weighted by atomic mass is 32.1. The molecule has 2 heterocycles. The molecule has 2 aliphatic rings. The van der Waals surface area contributed by atoms with E-state index >= 15 is 0 Å². The maximum absolute atomic E-state index is 13.0. The van der Waals surface area contributed by atoms with Gasteiger partial charge in [0.25, 0.3) is 0 Å². The predicted molar refractivity (Wildman–Crippen MR) is 96.1 cm³/mol. The molecule has 1 aromatic carbocycles. The number of aryl methyl sites for hydroxylation is 1. The molecule has 0 bridgehead atoms. The van der Waals surface area contributed by atoms with Gasteiger partial charge in [0.05, 0.1) is 17.1 Å². The van der Waals surface area contributed by atoms with Gasteiger partial charge in [-0.25, -0.2) is 4.98 Å². The number of hydrogen-bond donors (Lipinski definition) is 0. The lowest BCUT2D eigenvalue weighted by Crippen LogP contribution is -2.37. The largest absolute Gasteiger partial charge is 0.341 e. The Kier molecular flexibility index (Phi) is 4.63. The van der Waals surface area contributed by atoms with Crippen LogP contribution in [0.25, 0.3) is 0 Å². The van der Waals surface area contributed by atoms with Crippen LogP contribution in [0.2, 0.25) is 0 Å². The Morgan fingerprint density at radius 3 is 3.00 bits per heavy atom. The molecular weight excluding hydrogens is 318 g/mol. The Morgan fingerprint density at radius 2 is 2.12 bits per heavy atom. The molecule has 1 aliphatic carbocycles. The lowest BCUT2D eigenvalue weighted by molar-refractivity contribution is -0.132. The van der Waals surface area contributed by atoms with Gasteiger partial charge in [0.15, 0.2) is 0 Å². The topological polar surface area (TPSA) is 36.4 Å². The van der Waals surface area contributed by atoms with Crippen molar-refractivity contribution in [2.24, 2.45) is 0 Å². The average molecular weight is 341 g/mol. The van der Waals surface area contributed by atoms with Gasteiger partial charge >= 0.3 is 0 Å². The summed E-state index contributed by atoms with van der Waals surface area (Å²) in [6, 6.07) is 8.44. The summed E-state index contributed by atoms with van der Waals surface area (Å²) in [5, 5.41) is 2.11. The van der Waals surface area contributed by atoms with Gasteiger partial charge < -0.3 is 4.90 Å². The first-order valence-corrected chi connectivity index (χ1v) is 9.71. The fourth-order valence-electron chi connectivity index (χ4n) is 3.93. The molecule has 1 saturated heterocycles. The van der Waals surface area contributed by atoms with Crippen molar-refractivity contribution in [3.63, 3.8) is 0 Å². The standard InChI is InChI=1S/C19H23N3OS/c23-19(18-7-6-15-4-1-2-5-17(15)18)22-9-3-8-21(10-11-22)12-16-13-24-14-20-16/h1-2,4-5,13-14,18H,3,6-12H2/t18-/m0/s1. The molecule has 4 nitrogen and oxygen atoms in total. The van der Waals surface area contributed by atoms with Crippen LogP contribution in [-0.4, -0.2) is 46.9 Å². The van der Waals surface area contributed by atoms with Crippen LogP contribution in [0.5, 0.6) is 0 Å². The third-order valence-electron chi connectivity index (χ3n) is 5.20. The first kappa shape index (κ1) is 15.8. The van der Waals surface area contributed by atoms with Crippen LogP contribution >= 0.6 is 11.3 Å². The van der Waals surface area contributed by atoms with Crippen molar-refractivity contribution in [3.8, 4) is 0 Å². The summed E-state index contributed by atoms with van der Waals surface area (Å²) in [5.74, 6) is 0.404. The number of nitrogens with zero attached hydrogens (tertiary/aromatic N) is 3. The van der Waals surface area contributed by atoms with E-state index in [4.69, 9.17) is 0 Å². The van der Waals surface area contributed by atoms with E-state index in [-0.39, 0.29) is 5.92 Å². The van der Waals surface area contributed by atoms with Gasteiger partial charge in [-0.1, -0.05) is 24.3 Å². The lowest BCUT2D eigenvalue weighted by atomic mass is 10.00. The Balaban J connectivity index is 1.39. The van der Waals surface area contributed by atoms with E-state index in [0.717, 1.165) is 57.7 Å². The Morgan fingerprint density at radius 1 is 1.21 bits per heavy atom. The van der Waals surface area contributed by atoms with E-state index in [9.17, 15) is 4.79 Å². The number of carbonyl (C=O) groups is 1. The third kappa shape index (κ3) is 3.23. The van der Waals surface area contributed by atoms with Crippen molar-refractivity contribution in [1.29, 1.82) is 0 Å². The summed E-state index contributed by atoms with van der Waals surface area (Å²) in [6.45, 7) is 4.60. The Labute approximate surface area is 147 Å². The van der Waals surface area contributed by atoms with Crippen molar-refractivity contribution >= 4 is 17.2 Å². The first-order valence-electron chi connectivity index (χ1n) is 8.77. The van der Waals surface area contributed by atoms with E-state index in [0.29, 0.717) is 5.91 Å². The number of fused-ring (bicyclic) bond motifs is 1. The molecule has 126 valence electrons. The van der Waals surface area contributed by atoms with Crippen LogP contribution in [0.15, 0.2) is 35.2 Å². The molecule has 5 heteroatoms. The van der Waals surface area contributed by atoms with Crippen LogP contribution in [0.3, 0.4) is 0 Å². The molecule has 1 amide bonds. The summed E-state index contributed by atoms with van der Waals surface area (Å²) in [5.41, 5.74) is 5.65. The molecule has 0 radical (unpaired) electrons. The minimum atomic E-state index is 0.0753. The molecule has 0 saturated carbocycles. The zero-order chi connectivity index (χ0) is 16.4. The van der Waals surface area contributed by atoms with Crippen molar-refractivity contribution in [2.75, 3.05) is 26.2 Å². The maximum atomic E-state index is 13.0. The monoisotopic (exact) mass is 341 g/mol. The van der Waals surface area contributed by atoms with E-state index in [1.807, 2.05) is 5.51 Å². The minimum Gasteiger partial charge on any atom is -0.341 e. The summed E-state index contributed by atoms with van der Waals surface area (Å²) >= 11 is 1.65. The first-order chi connectivity index (χ1) is 11.8. The molecule has 4 rings (SSSR count). The number of rotatable bonds is 3. The zero-order valence-electron chi connectivity index (χ0n) is 13.9. The summed E-state index contributed by atoms with van der Waals surface area (Å²) < 4.78 is 0. The van der Waals surface area contributed by atoms with E-state index in [1.54, 1.807) is 11.3 Å². The number of carbonyl (C=O) groups excluding carboxylic acids is 1. The quantitative estimate of drug-likeness (QED) is 0.861. The maximum Gasteiger partial charge on any atom is 0.230 e. The van der Waals surface area contributed by atoms with Gasteiger partial charge in [0.1, 0.15) is 0 Å². The highest BCUT2D eigenvalue weighted by Crippen LogP contribution is 2.34. The molecule has 0 spiro atoms. The highest BCUT2D eigenvalue weighted by Gasteiger charge is 2.32. The van der Waals surface area contributed by atoms with Gasteiger partial charge in [-0.3, -0.25) is 9.69 Å². The number of thiazole rings is 1. The molecule has 1 fully saturated rings. The predicted octanol–water partition coefficient (Wildman–Crippen LogP) is 2.91. The van der Waals surface area contributed by atoms with Gasteiger partial charge in [0, 0.05) is 38.1 Å². The van der Waals surface area contributed by atoms with Gasteiger partial charge in [-0.15, -0.1) is 11.3 Å². The summed E-state index contributed by atoms with van der Waals surface area (Å²) in [6.07, 6.45) is 3.05. The highest BCUT2D eigenvalue weighted by molar-refractivity contribution is 7.07. The lowest BCUT2D eigenvalue weighted by Gasteiger charge is -2.25. The van der Waals surface area contributed by atoms with Crippen molar-refractivity contribution in [2.45, 2.75) is 31.7 Å². The molecular formula is C19H23N3OS. The Hall–Kier alpha value is -1.72. The zero-order valence-corrected chi connectivity index (χ0v) is 14.7. The van der Waals surface area contributed by atoms with E-state index < -0.39 is 0 Å². The van der Waals surface area contributed by atoms with Crippen molar-refractivity contribution in [3.05, 3.63) is 52.0 Å². The van der Waals surface area contributed by atoms with E-state index in [1.165, 1.54) is 11.1 Å². The third-order valence-corrected chi connectivity index (χ3v) is 5.84. The molecule has 2 aromatic rings. The number of aromatic nitrogens is 1. The molecule has 1 atom stereocenters. The number of amides is 1. The molecule has 1 aliphatic heterocycles. The van der Waals surface area contributed by atoms with Crippen LogP contribution < -0.4 is 0 Å². The normalized spacial score (nSPS) is 21.5. The van der Waals surface area contributed by atoms with Crippen LogP contribution in [-0.2, 0) is 17.8 Å². The fourth-order valence-corrected chi connectivity index (χ4v) is 4.48. The second kappa shape index (κ2) is 7.03. The second-order valence-corrected chi connectivity index (χ2v) is 7.44. The number of hydrogen-bond acceptors (Lipinski definition) is 4. The number of benzene rings is 1. The Bertz CT molecular complexity index is 700. The minimum absolute atomic E-state index is 0.0753. The summed E-state index contributed by atoms with van der Waals surface area (Å²) in [4.78, 5) is 21.9. The van der Waals surface area contributed by atoms with Gasteiger partial charge in [0.2, 0.25) is 5.91 Å². The average Bonchev–Trinajstić information content (AvgIpc) is 3.20. The molecule has 0 unspecified atom stereocenters. The SMILES string of the molecule is O=C([C@H]1CCc2ccccc21)N1CCCN(Cc2cscn2)CC1. The van der Waals surface area contributed by atoms with Gasteiger partial charge in [-0.05, 0) is 30.4 Å². The van der Waals surface area contributed by atoms with Crippen molar-refractivity contribution in [1.82, 2.24) is 14.8 Å². The van der Waals surface area contributed by atoms with Gasteiger partial charge in [-0.2, -0.15) is 0 Å². The van der Waals surface area contributed by atoms with Crippen LogP contribution in [0.1, 0.15) is 35.6 Å². The molecule has 24 heavy (non-hydrogen) atoms. The summed E-state index contributed by atoms with van der Waals surface area (Å²) in [7, 11) is 0.